The van der Waals surface area contributed by atoms with Crippen LogP contribution in [0.15, 0.2) is 47.6 Å². The molecule has 2 aromatic carbocycles. The van der Waals surface area contributed by atoms with Crippen molar-refractivity contribution in [2.45, 2.75) is 44.4 Å². The molecule has 7 nitrogen and oxygen atoms in total. The Morgan fingerprint density at radius 1 is 1.15 bits per heavy atom. The zero-order chi connectivity index (χ0) is 23.4. The molecule has 1 saturated heterocycles. The molecule has 4 rings (SSSR count). The van der Waals surface area contributed by atoms with E-state index >= 15 is 0 Å². The van der Waals surface area contributed by atoms with Gasteiger partial charge in [-0.1, -0.05) is 36.0 Å². The highest BCUT2D eigenvalue weighted by Gasteiger charge is 2.32. The van der Waals surface area contributed by atoms with Crippen LogP contribution < -0.4 is 9.47 Å². The Labute approximate surface area is 199 Å². The average Bonchev–Trinajstić information content (AvgIpc) is 3.49. The Morgan fingerprint density at radius 2 is 1.97 bits per heavy atom. The second-order valence-corrected chi connectivity index (χ2v) is 8.95. The van der Waals surface area contributed by atoms with Gasteiger partial charge < -0.3 is 18.9 Å². The van der Waals surface area contributed by atoms with Gasteiger partial charge in [0.15, 0.2) is 11.0 Å². The Bertz CT molecular complexity index is 1130. The smallest absolute Gasteiger partial charge is 0.233 e. The number of amides is 1. The van der Waals surface area contributed by atoms with Gasteiger partial charge in [0, 0.05) is 30.3 Å². The molecule has 0 aliphatic carbocycles. The van der Waals surface area contributed by atoms with E-state index in [9.17, 15) is 4.79 Å². The van der Waals surface area contributed by atoms with Gasteiger partial charge in [0.25, 0.3) is 0 Å². The van der Waals surface area contributed by atoms with E-state index in [1.807, 2.05) is 35.2 Å². The summed E-state index contributed by atoms with van der Waals surface area (Å²) in [5, 5.41) is 9.60. The van der Waals surface area contributed by atoms with Crippen LogP contribution in [0.4, 0.5) is 0 Å². The second-order valence-electron chi connectivity index (χ2n) is 8.01. The first-order valence-electron chi connectivity index (χ1n) is 11.2. The molecule has 1 aliphatic rings. The topological polar surface area (TPSA) is 69.5 Å². The van der Waals surface area contributed by atoms with Crippen molar-refractivity contribution < 1.29 is 14.3 Å². The van der Waals surface area contributed by atoms with Crippen LogP contribution in [0.1, 0.15) is 36.9 Å². The molecule has 1 aromatic heterocycles. The van der Waals surface area contributed by atoms with Crippen LogP contribution in [0.2, 0.25) is 0 Å². The van der Waals surface area contributed by atoms with Crippen molar-refractivity contribution in [1.29, 1.82) is 0 Å². The molecule has 0 spiro atoms. The summed E-state index contributed by atoms with van der Waals surface area (Å²) < 4.78 is 13.0. The maximum absolute atomic E-state index is 13.2. The molecule has 2 heterocycles. The van der Waals surface area contributed by atoms with Crippen molar-refractivity contribution in [2.24, 2.45) is 0 Å². The number of carbonyl (C=O) groups excluding carboxylic acids is 1. The molecule has 0 bridgehead atoms. The average molecular weight is 467 g/mol. The molecule has 33 heavy (non-hydrogen) atoms. The van der Waals surface area contributed by atoms with Gasteiger partial charge in [-0.05, 0) is 44.4 Å². The SMILES string of the molecule is CCn1c(SCC(=O)N2CCCC2c2ccc(OC)cc2OC)nnc1-c1ccccc1C. The van der Waals surface area contributed by atoms with E-state index in [4.69, 9.17) is 9.47 Å². The van der Waals surface area contributed by atoms with Crippen LogP contribution in [0.5, 0.6) is 11.5 Å². The first-order chi connectivity index (χ1) is 16.1. The first kappa shape index (κ1) is 23.2. The van der Waals surface area contributed by atoms with Gasteiger partial charge in [-0.25, -0.2) is 0 Å². The Balaban J connectivity index is 1.50. The van der Waals surface area contributed by atoms with E-state index in [2.05, 4.69) is 40.7 Å². The lowest BCUT2D eigenvalue weighted by Crippen LogP contribution is -2.32. The molecule has 0 N–H and O–H groups in total. The van der Waals surface area contributed by atoms with Crippen LogP contribution in [0.3, 0.4) is 0 Å². The Kier molecular flexibility index (Phi) is 7.23. The zero-order valence-electron chi connectivity index (χ0n) is 19.6. The fraction of sp³-hybridized carbons (Fsp3) is 0.400. The Hall–Kier alpha value is -3.00. The number of carbonyl (C=O) groups is 1. The number of methoxy groups -OCH3 is 2. The van der Waals surface area contributed by atoms with Crippen LogP contribution >= 0.6 is 11.8 Å². The minimum Gasteiger partial charge on any atom is -0.497 e. The van der Waals surface area contributed by atoms with Gasteiger partial charge in [-0.2, -0.15) is 0 Å². The van der Waals surface area contributed by atoms with E-state index in [1.165, 1.54) is 11.8 Å². The molecule has 174 valence electrons. The number of hydrogen-bond acceptors (Lipinski definition) is 6. The maximum atomic E-state index is 13.2. The van der Waals surface area contributed by atoms with Gasteiger partial charge in [-0.3, -0.25) is 4.79 Å². The molecule has 1 unspecified atom stereocenters. The second kappa shape index (κ2) is 10.3. The molecule has 3 aromatic rings. The fourth-order valence-electron chi connectivity index (χ4n) is 4.40. The monoisotopic (exact) mass is 466 g/mol. The normalized spacial score (nSPS) is 15.6. The number of rotatable bonds is 8. The molecular weight excluding hydrogens is 436 g/mol. The number of ether oxygens (including phenoxy) is 2. The number of aryl methyl sites for hydroxylation is 1. The van der Waals surface area contributed by atoms with E-state index in [0.717, 1.165) is 65.1 Å². The third-order valence-electron chi connectivity index (χ3n) is 6.12. The third-order valence-corrected chi connectivity index (χ3v) is 7.07. The van der Waals surface area contributed by atoms with Gasteiger partial charge >= 0.3 is 0 Å². The summed E-state index contributed by atoms with van der Waals surface area (Å²) in [7, 11) is 3.29. The molecule has 8 heteroatoms. The van der Waals surface area contributed by atoms with Crippen LogP contribution in [0.25, 0.3) is 11.4 Å². The number of thioether (sulfide) groups is 1. The Morgan fingerprint density at radius 3 is 2.70 bits per heavy atom. The lowest BCUT2D eigenvalue weighted by Gasteiger charge is -2.26. The van der Waals surface area contributed by atoms with Gasteiger partial charge in [0.05, 0.1) is 26.0 Å². The van der Waals surface area contributed by atoms with E-state index in [0.29, 0.717) is 5.75 Å². The summed E-state index contributed by atoms with van der Waals surface area (Å²) in [6, 6.07) is 14.0. The predicted molar refractivity (Wildman–Crippen MR) is 130 cm³/mol. The van der Waals surface area contributed by atoms with Crippen molar-refractivity contribution in [1.82, 2.24) is 19.7 Å². The molecule has 0 saturated carbocycles. The molecule has 1 amide bonds. The number of nitrogens with zero attached hydrogens (tertiary/aromatic N) is 4. The van der Waals surface area contributed by atoms with Crippen LogP contribution in [-0.4, -0.2) is 52.1 Å². The minimum atomic E-state index is 0.00512. The van der Waals surface area contributed by atoms with E-state index in [-0.39, 0.29) is 11.9 Å². The highest BCUT2D eigenvalue weighted by Crippen LogP contribution is 2.39. The number of aromatic nitrogens is 3. The van der Waals surface area contributed by atoms with Crippen LogP contribution in [-0.2, 0) is 11.3 Å². The number of hydrogen-bond donors (Lipinski definition) is 0. The predicted octanol–water partition coefficient (Wildman–Crippen LogP) is 4.75. The highest BCUT2D eigenvalue weighted by molar-refractivity contribution is 7.99. The maximum Gasteiger partial charge on any atom is 0.233 e. The lowest BCUT2D eigenvalue weighted by atomic mass is 10.0. The summed E-state index contributed by atoms with van der Waals surface area (Å²) in [6.07, 6.45) is 1.89. The lowest BCUT2D eigenvalue weighted by molar-refractivity contribution is -0.129. The largest absolute Gasteiger partial charge is 0.497 e. The molecule has 1 atom stereocenters. The van der Waals surface area contributed by atoms with Crippen LogP contribution in [0, 0.1) is 6.92 Å². The fourth-order valence-corrected chi connectivity index (χ4v) is 5.28. The standard InChI is InChI=1S/C25H30N4O3S/c1-5-28-24(19-10-7-6-9-17(19)2)26-27-25(28)33-16-23(30)29-14-8-11-21(29)20-13-12-18(31-3)15-22(20)32-4/h6-7,9-10,12-13,15,21H,5,8,11,14,16H2,1-4H3. The molecule has 1 aliphatic heterocycles. The number of benzene rings is 2. The summed E-state index contributed by atoms with van der Waals surface area (Å²) in [5.74, 6) is 2.75. The van der Waals surface area contributed by atoms with Gasteiger partial charge in [0.1, 0.15) is 11.5 Å². The molecular formula is C25H30N4O3S. The van der Waals surface area contributed by atoms with Crippen molar-refractivity contribution in [3.8, 4) is 22.9 Å². The van der Waals surface area contributed by atoms with Crippen molar-refractivity contribution >= 4 is 17.7 Å². The summed E-state index contributed by atoms with van der Waals surface area (Å²) in [5.41, 5.74) is 3.24. The zero-order valence-corrected chi connectivity index (χ0v) is 20.4. The van der Waals surface area contributed by atoms with Gasteiger partial charge in [0.2, 0.25) is 5.91 Å². The van der Waals surface area contributed by atoms with Crippen molar-refractivity contribution in [2.75, 3.05) is 26.5 Å². The highest BCUT2D eigenvalue weighted by atomic mass is 32.2. The molecule has 1 fully saturated rings. The number of likely N-dealkylation sites (tertiary alicyclic amines) is 1. The summed E-state index contributed by atoms with van der Waals surface area (Å²) >= 11 is 1.45. The quantitative estimate of drug-likeness (QED) is 0.447. The minimum absolute atomic E-state index is 0.00512. The van der Waals surface area contributed by atoms with Crippen molar-refractivity contribution in [3.05, 3.63) is 53.6 Å². The summed E-state index contributed by atoms with van der Waals surface area (Å²) in [4.78, 5) is 15.2. The van der Waals surface area contributed by atoms with Gasteiger partial charge in [-0.15, -0.1) is 10.2 Å². The molecule has 0 radical (unpaired) electrons. The summed E-state index contributed by atoms with van der Waals surface area (Å²) in [6.45, 7) is 5.63. The first-order valence-corrected chi connectivity index (χ1v) is 12.2. The third kappa shape index (κ3) is 4.71. The van der Waals surface area contributed by atoms with E-state index < -0.39 is 0 Å². The van der Waals surface area contributed by atoms with Crippen molar-refractivity contribution in [3.63, 3.8) is 0 Å². The van der Waals surface area contributed by atoms with E-state index in [1.54, 1.807) is 14.2 Å².